The first-order valence-electron chi connectivity index (χ1n) is 6.40. The Morgan fingerprint density at radius 2 is 1.89 bits per heavy atom. The van der Waals surface area contributed by atoms with E-state index in [0.717, 1.165) is 17.7 Å². The molecule has 1 fully saturated rings. The van der Waals surface area contributed by atoms with Gasteiger partial charge in [0.15, 0.2) is 0 Å². The number of rotatable bonds is 5. The Balaban J connectivity index is 1.95. The molecule has 1 aromatic carbocycles. The molecule has 1 aliphatic heterocycles. The van der Waals surface area contributed by atoms with Gasteiger partial charge in [0.25, 0.3) is 5.91 Å². The minimum absolute atomic E-state index is 0.321. The first-order valence-corrected chi connectivity index (χ1v) is 6.40. The smallest absolute Gasteiger partial charge is 0.322 e. The molecule has 3 amide bonds. The Kier molecular flexibility index (Phi) is 4.04. The van der Waals surface area contributed by atoms with Gasteiger partial charge in [0.1, 0.15) is 11.8 Å². The number of benzene rings is 1. The summed E-state index contributed by atoms with van der Waals surface area (Å²) in [4.78, 5) is 22.5. The molecule has 0 aliphatic carbocycles. The second-order valence-electron chi connectivity index (χ2n) is 5.00. The summed E-state index contributed by atoms with van der Waals surface area (Å²) in [6.45, 7) is 4.97. The van der Waals surface area contributed by atoms with Crippen molar-refractivity contribution in [1.29, 1.82) is 0 Å². The van der Waals surface area contributed by atoms with Gasteiger partial charge >= 0.3 is 6.03 Å². The van der Waals surface area contributed by atoms with E-state index in [4.69, 9.17) is 4.74 Å². The predicted octanol–water partition coefficient (Wildman–Crippen LogP) is 1.99. The maximum absolute atomic E-state index is 11.5. The normalized spacial score (nSPS) is 18.4. The van der Waals surface area contributed by atoms with Crippen LogP contribution in [0.2, 0.25) is 0 Å². The van der Waals surface area contributed by atoms with Gasteiger partial charge in [-0.15, -0.1) is 0 Å². The fourth-order valence-corrected chi connectivity index (χ4v) is 1.82. The number of amides is 3. The molecular formula is C14H18N2O3. The van der Waals surface area contributed by atoms with Gasteiger partial charge < -0.3 is 10.1 Å². The lowest BCUT2D eigenvalue weighted by molar-refractivity contribution is -0.120. The maximum Gasteiger partial charge on any atom is 0.322 e. The van der Waals surface area contributed by atoms with Gasteiger partial charge in [-0.05, 0) is 30.0 Å². The van der Waals surface area contributed by atoms with Crippen LogP contribution < -0.4 is 15.4 Å². The minimum atomic E-state index is -0.600. The zero-order chi connectivity index (χ0) is 13.8. The summed E-state index contributed by atoms with van der Waals surface area (Å²) >= 11 is 0. The van der Waals surface area contributed by atoms with E-state index in [0.29, 0.717) is 12.5 Å². The molecule has 1 aromatic rings. The molecule has 2 N–H and O–H groups in total. The third kappa shape index (κ3) is 3.47. The van der Waals surface area contributed by atoms with Gasteiger partial charge in [-0.3, -0.25) is 10.1 Å². The summed E-state index contributed by atoms with van der Waals surface area (Å²) in [5.41, 5.74) is 0.750. The number of hydrogen-bond donors (Lipinski definition) is 2. The van der Waals surface area contributed by atoms with E-state index in [1.807, 2.05) is 12.1 Å². The van der Waals surface area contributed by atoms with Gasteiger partial charge in [-0.1, -0.05) is 26.0 Å². The number of carbonyl (C=O) groups excluding carboxylic acids is 2. The molecule has 1 heterocycles. The molecule has 19 heavy (non-hydrogen) atoms. The molecule has 0 spiro atoms. The van der Waals surface area contributed by atoms with Crippen molar-refractivity contribution in [3.8, 4) is 5.75 Å². The molecule has 0 unspecified atom stereocenters. The number of imide groups is 1. The number of urea groups is 1. The van der Waals surface area contributed by atoms with Crippen LogP contribution in [0.15, 0.2) is 24.3 Å². The van der Waals surface area contributed by atoms with E-state index < -0.39 is 12.1 Å². The molecule has 0 aromatic heterocycles. The lowest BCUT2D eigenvalue weighted by Crippen LogP contribution is -2.22. The van der Waals surface area contributed by atoms with Crippen molar-refractivity contribution >= 4 is 11.9 Å². The quantitative estimate of drug-likeness (QED) is 0.797. The first kappa shape index (κ1) is 13.4. The zero-order valence-electron chi connectivity index (χ0n) is 11.1. The van der Waals surface area contributed by atoms with Crippen molar-refractivity contribution in [2.24, 2.45) is 5.92 Å². The van der Waals surface area contributed by atoms with E-state index in [1.165, 1.54) is 0 Å². The summed E-state index contributed by atoms with van der Waals surface area (Å²) < 4.78 is 5.59. The van der Waals surface area contributed by atoms with E-state index in [9.17, 15) is 9.59 Å². The fraction of sp³-hybridized carbons (Fsp3) is 0.429. The van der Waals surface area contributed by atoms with Gasteiger partial charge in [0, 0.05) is 0 Å². The number of hydrogen-bond acceptors (Lipinski definition) is 3. The third-order valence-corrected chi connectivity index (χ3v) is 2.95. The van der Waals surface area contributed by atoms with Crippen molar-refractivity contribution in [2.45, 2.75) is 26.3 Å². The highest BCUT2D eigenvalue weighted by atomic mass is 16.5. The highest BCUT2D eigenvalue weighted by Crippen LogP contribution is 2.20. The Hall–Kier alpha value is -2.04. The second kappa shape index (κ2) is 5.73. The van der Waals surface area contributed by atoms with Crippen molar-refractivity contribution in [2.75, 3.05) is 6.61 Å². The number of ether oxygens (including phenoxy) is 1. The van der Waals surface area contributed by atoms with Crippen LogP contribution in [0, 0.1) is 5.92 Å². The molecule has 5 heteroatoms. The summed E-state index contributed by atoms with van der Waals surface area (Å²) in [5.74, 6) is 1.06. The molecular weight excluding hydrogens is 244 g/mol. The van der Waals surface area contributed by atoms with Crippen LogP contribution in [-0.4, -0.2) is 18.5 Å². The van der Waals surface area contributed by atoms with Crippen LogP contribution in [0.1, 0.15) is 31.9 Å². The van der Waals surface area contributed by atoms with E-state index >= 15 is 0 Å². The Bertz CT molecular complexity index is 468. The minimum Gasteiger partial charge on any atom is -0.494 e. The molecule has 1 atom stereocenters. The second-order valence-corrected chi connectivity index (χ2v) is 5.00. The predicted molar refractivity (Wildman–Crippen MR) is 70.8 cm³/mol. The van der Waals surface area contributed by atoms with E-state index in [-0.39, 0.29) is 5.91 Å². The third-order valence-electron chi connectivity index (χ3n) is 2.95. The maximum atomic E-state index is 11.5. The molecule has 1 saturated heterocycles. The van der Waals surface area contributed by atoms with Crippen LogP contribution in [0.25, 0.3) is 0 Å². The molecule has 2 rings (SSSR count). The van der Waals surface area contributed by atoms with Crippen molar-refractivity contribution in [3.63, 3.8) is 0 Å². The molecule has 0 saturated carbocycles. The van der Waals surface area contributed by atoms with Crippen LogP contribution in [0.5, 0.6) is 5.75 Å². The van der Waals surface area contributed by atoms with Crippen molar-refractivity contribution in [1.82, 2.24) is 10.6 Å². The largest absolute Gasteiger partial charge is 0.494 e. The van der Waals surface area contributed by atoms with E-state index in [1.54, 1.807) is 12.1 Å². The van der Waals surface area contributed by atoms with E-state index in [2.05, 4.69) is 24.5 Å². The average molecular weight is 262 g/mol. The number of carbonyl (C=O) groups is 2. The van der Waals surface area contributed by atoms with Crippen molar-refractivity contribution in [3.05, 3.63) is 29.8 Å². The van der Waals surface area contributed by atoms with Crippen molar-refractivity contribution < 1.29 is 14.3 Å². The summed E-state index contributed by atoms with van der Waals surface area (Å²) in [6, 6.07) is 6.16. The van der Waals surface area contributed by atoms with Gasteiger partial charge in [0.2, 0.25) is 0 Å². The van der Waals surface area contributed by atoms with Crippen LogP contribution in [0.3, 0.4) is 0 Å². The lowest BCUT2D eigenvalue weighted by atomic mass is 10.1. The summed E-state index contributed by atoms with van der Waals surface area (Å²) in [6.07, 6.45) is 1.00. The molecule has 0 bridgehead atoms. The zero-order valence-corrected chi connectivity index (χ0v) is 11.1. The van der Waals surface area contributed by atoms with Crippen LogP contribution >= 0.6 is 0 Å². The van der Waals surface area contributed by atoms with Gasteiger partial charge in [-0.2, -0.15) is 0 Å². The number of nitrogens with one attached hydrogen (secondary N) is 2. The Morgan fingerprint density at radius 3 is 2.42 bits per heavy atom. The molecule has 0 radical (unpaired) electrons. The molecule has 102 valence electrons. The molecule has 1 aliphatic rings. The van der Waals surface area contributed by atoms with Crippen LogP contribution in [0.4, 0.5) is 4.79 Å². The Morgan fingerprint density at radius 1 is 1.21 bits per heavy atom. The van der Waals surface area contributed by atoms with Gasteiger partial charge in [-0.25, -0.2) is 4.79 Å². The molecule has 5 nitrogen and oxygen atoms in total. The van der Waals surface area contributed by atoms with Gasteiger partial charge in [0.05, 0.1) is 6.61 Å². The summed E-state index contributed by atoms with van der Waals surface area (Å²) in [7, 11) is 0. The van der Waals surface area contributed by atoms with Crippen LogP contribution in [-0.2, 0) is 4.79 Å². The lowest BCUT2D eigenvalue weighted by Gasteiger charge is -2.10. The highest BCUT2D eigenvalue weighted by molar-refractivity contribution is 6.04. The first-order chi connectivity index (χ1) is 9.06. The standard InChI is InChI=1S/C14H18N2O3/c1-9(2)7-8-19-11-5-3-10(4-6-11)12-13(17)16-14(18)15-12/h3-6,9,12H,7-8H2,1-2H3,(H2,15,16,17,18)/t12-/m0/s1. The average Bonchev–Trinajstić information content (AvgIpc) is 2.69. The summed E-state index contributed by atoms with van der Waals surface area (Å²) in [5, 5.41) is 4.76. The Labute approximate surface area is 112 Å². The highest BCUT2D eigenvalue weighted by Gasteiger charge is 2.30. The monoisotopic (exact) mass is 262 g/mol. The fourth-order valence-electron chi connectivity index (χ4n) is 1.82. The SMILES string of the molecule is CC(C)CCOc1ccc([C@@H]2NC(=O)NC2=O)cc1. The topological polar surface area (TPSA) is 67.4 Å².